The van der Waals surface area contributed by atoms with Gasteiger partial charge in [-0.05, 0) is 19.3 Å². The van der Waals surface area contributed by atoms with Gasteiger partial charge in [0.15, 0.2) is 0 Å². The summed E-state index contributed by atoms with van der Waals surface area (Å²) in [6, 6.07) is 1.51. The predicted molar refractivity (Wildman–Crippen MR) is 94.0 cm³/mol. The first-order chi connectivity index (χ1) is 9.19. The highest BCUT2D eigenvalue weighted by atomic mass is 32.2. The lowest BCUT2D eigenvalue weighted by atomic mass is 10.0. The third-order valence-corrected chi connectivity index (χ3v) is 5.28. The molecule has 0 fully saturated rings. The van der Waals surface area contributed by atoms with Crippen LogP contribution in [-0.2, 0) is 0 Å². The Bertz CT molecular complexity index is 176. The summed E-state index contributed by atoms with van der Waals surface area (Å²) < 4.78 is 0. The van der Waals surface area contributed by atoms with Gasteiger partial charge >= 0.3 is 0 Å². The van der Waals surface area contributed by atoms with Crippen LogP contribution in [0.4, 0.5) is 0 Å². The van der Waals surface area contributed by atoms with Gasteiger partial charge in [-0.1, -0.05) is 56.6 Å². The molecule has 0 amide bonds. The van der Waals surface area contributed by atoms with Crippen LogP contribution in [-0.4, -0.2) is 40.3 Å². The van der Waals surface area contributed by atoms with E-state index in [4.69, 9.17) is 15.4 Å². The normalized spacial score (nSPS) is 16.6. The number of nitrogens with two attached hydrogens (primary N) is 3. The molecule has 0 saturated heterocycles. The maximum Gasteiger partial charge on any atom is 0.0233 e. The molecule has 6 N–H and O–H groups in total. The summed E-state index contributed by atoms with van der Waals surface area (Å²) in [5, 5.41) is 17.1. The third kappa shape index (κ3) is 6.93. The van der Waals surface area contributed by atoms with Crippen LogP contribution in [0.15, 0.2) is 0 Å². The van der Waals surface area contributed by atoms with E-state index in [1.54, 1.807) is 0 Å². The molecule has 0 heterocycles. The number of rotatable bonds is 12. The topological polar surface area (TPSA) is 81.3 Å². The molecule has 0 aliphatic rings. The monoisotopic (exact) mass is 326 g/mol. The van der Waals surface area contributed by atoms with E-state index in [9.17, 15) is 0 Å². The fourth-order valence-electron chi connectivity index (χ4n) is 2.47. The van der Waals surface area contributed by atoms with Gasteiger partial charge in [-0.15, -0.1) is 0 Å². The van der Waals surface area contributed by atoms with E-state index >= 15 is 0 Å². The summed E-state index contributed by atoms with van der Waals surface area (Å²) in [5.41, 5.74) is 0. The Hall–Kier alpha value is 0.890. The van der Waals surface area contributed by atoms with Crippen LogP contribution in [0.3, 0.4) is 0 Å². The second-order valence-electron chi connectivity index (χ2n) is 4.63. The van der Waals surface area contributed by atoms with E-state index in [2.05, 4.69) is 25.7 Å². The number of hydrogen-bond acceptors (Lipinski definition) is 7. The van der Waals surface area contributed by atoms with Crippen molar-refractivity contribution in [3.8, 4) is 0 Å². The summed E-state index contributed by atoms with van der Waals surface area (Å²) in [5.74, 6) is 2.90. The van der Waals surface area contributed by atoms with Crippen LogP contribution in [0.2, 0.25) is 0 Å². The molecule has 7 heteroatoms. The van der Waals surface area contributed by atoms with Gasteiger partial charge in [0.05, 0.1) is 0 Å². The van der Waals surface area contributed by atoms with Crippen LogP contribution < -0.4 is 15.4 Å². The fourth-order valence-corrected chi connectivity index (χ4v) is 4.36. The van der Waals surface area contributed by atoms with Crippen molar-refractivity contribution in [1.29, 1.82) is 0 Å². The Labute approximate surface area is 131 Å². The minimum absolute atomic E-state index is 0.504. The first-order valence-electron chi connectivity index (χ1n) is 6.92. The van der Waals surface area contributed by atoms with Crippen molar-refractivity contribution < 1.29 is 0 Å². The minimum Gasteiger partial charge on any atom is -0.292 e. The molecule has 116 valence electrons. The Morgan fingerprint density at radius 3 is 1.11 bits per heavy atom. The Balaban J connectivity index is 5.04. The van der Waals surface area contributed by atoms with Gasteiger partial charge in [0.2, 0.25) is 0 Å². The van der Waals surface area contributed by atoms with Crippen molar-refractivity contribution in [1.82, 2.24) is 4.90 Å². The molecular formula is C12H30N4S3. The lowest BCUT2D eigenvalue weighted by Crippen LogP contribution is -2.52. The molecule has 4 nitrogen and oxygen atoms in total. The molecule has 0 aliphatic carbocycles. The molecule has 0 aromatic rings. The lowest BCUT2D eigenvalue weighted by molar-refractivity contribution is 0.103. The van der Waals surface area contributed by atoms with E-state index in [1.807, 2.05) is 0 Å². The molecule has 0 bridgehead atoms. The molecule has 0 spiro atoms. The molecule has 19 heavy (non-hydrogen) atoms. The smallest absolute Gasteiger partial charge is 0.0233 e. The zero-order valence-corrected chi connectivity index (χ0v) is 14.8. The fraction of sp³-hybridized carbons (Fsp3) is 1.00. The van der Waals surface area contributed by atoms with E-state index in [0.717, 1.165) is 36.5 Å². The van der Waals surface area contributed by atoms with Gasteiger partial charge in [0, 0.05) is 35.4 Å². The summed E-state index contributed by atoms with van der Waals surface area (Å²) in [6.07, 6.45) is 3.34. The van der Waals surface area contributed by atoms with E-state index < -0.39 is 0 Å². The van der Waals surface area contributed by atoms with Crippen molar-refractivity contribution in [3.05, 3.63) is 0 Å². The first-order valence-corrected chi connectivity index (χ1v) is 10.1. The zero-order valence-electron chi connectivity index (χ0n) is 12.4. The zero-order chi connectivity index (χ0) is 14.7. The van der Waals surface area contributed by atoms with Crippen molar-refractivity contribution >= 4 is 35.8 Å². The van der Waals surface area contributed by atoms with Crippen molar-refractivity contribution in [2.75, 3.05) is 17.3 Å². The highest BCUT2D eigenvalue weighted by Gasteiger charge is 2.29. The van der Waals surface area contributed by atoms with Crippen LogP contribution >= 0.6 is 35.8 Å². The van der Waals surface area contributed by atoms with Crippen LogP contribution in [0.25, 0.3) is 0 Å². The highest BCUT2D eigenvalue weighted by Crippen LogP contribution is 2.23. The minimum atomic E-state index is 0.504. The molecule has 0 rings (SSSR count). The predicted octanol–water partition coefficient (Wildman–Crippen LogP) is 2.44. The third-order valence-electron chi connectivity index (χ3n) is 3.54. The Morgan fingerprint density at radius 2 is 0.947 bits per heavy atom. The summed E-state index contributed by atoms with van der Waals surface area (Å²) in [6.45, 7) is 6.70. The number of nitrogens with zero attached hydrogens (tertiary/aromatic N) is 1. The molecular weight excluding hydrogens is 296 g/mol. The van der Waals surface area contributed by atoms with Gasteiger partial charge in [-0.25, -0.2) is 0 Å². The Kier molecular flexibility index (Phi) is 13.2. The van der Waals surface area contributed by atoms with Crippen molar-refractivity contribution in [2.45, 2.75) is 58.2 Å². The first kappa shape index (κ1) is 19.9. The lowest BCUT2D eigenvalue weighted by Gasteiger charge is -2.42. The van der Waals surface area contributed by atoms with Gasteiger partial charge in [-0.3, -0.25) is 20.3 Å². The quantitative estimate of drug-likeness (QED) is 0.475. The van der Waals surface area contributed by atoms with E-state index in [0.29, 0.717) is 18.1 Å². The summed E-state index contributed by atoms with van der Waals surface area (Å²) in [4.78, 5) is 2.62. The second kappa shape index (κ2) is 12.6. The standard InChI is InChI=1S/C12H30N4S3/c1-4-10(7-17-13)16(11(5-2)8-18-14)12(6-3)9-19-15/h10-12H,4-9,13-15H2,1-3H3. The number of hydrogen-bond donors (Lipinski definition) is 3. The molecule has 0 aromatic heterocycles. The van der Waals surface area contributed by atoms with Crippen LogP contribution in [0.1, 0.15) is 40.0 Å². The van der Waals surface area contributed by atoms with Crippen LogP contribution in [0, 0.1) is 0 Å². The van der Waals surface area contributed by atoms with E-state index in [-0.39, 0.29) is 0 Å². The average Bonchev–Trinajstić information content (AvgIpc) is 2.43. The maximum absolute atomic E-state index is 5.70. The van der Waals surface area contributed by atoms with Gasteiger partial charge in [0.25, 0.3) is 0 Å². The maximum atomic E-state index is 5.70. The van der Waals surface area contributed by atoms with Gasteiger partial charge in [-0.2, -0.15) is 0 Å². The second-order valence-corrected chi connectivity index (χ2v) is 6.63. The van der Waals surface area contributed by atoms with Gasteiger partial charge < -0.3 is 0 Å². The van der Waals surface area contributed by atoms with Crippen molar-refractivity contribution in [3.63, 3.8) is 0 Å². The van der Waals surface area contributed by atoms with E-state index in [1.165, 1.54) is 35.8 Å². The SMILES string of the molecule is CCC(CSN)N(C(CC)CSN)C(CC)CSN. The van der Waals surface area contributed by atoms with Crippen LogP contribution in [0.5, 0.6) is 0 Å². The molecule has 0 saturated carbocycles. The molecule has 0 aliphatic heterocycles. The van der Waals surface area contributed by atoms with Gasteiger partial charge in [0.1, 0.15) is 0 Å². The molecule has 3 atom stereocenters. The average molecular weight is 327 g/mol. The Morgan fingerprint density at radius 1 is 0.684 bits per heavy atom. The summed E-state index contributed by atoms with van der Waals surface area (Å²) in [7, 11) is 0. The summed E-state index contributed by atoms with van der Waals surface area (Å²) >= 11 is 4.31. The largest absolute Gasteiger partial charge is 0.292 e. The molecule has 3 unspecified atom stereocenters. The molecule has 0 aromatic carbocycles. The highest BCUT2D eigenvalue weighted by molar-refractivity contribution is 7.97. The molecule has 0 radical (unpaired) electrons. The van der Waals surface area contributed by atoms with Crippen molar-refractivity contribution in [2.24, 2.45) is 15.4 Å².